The van der Waals surface area contributed by atoms with Crippen LogP contribution in [-0.4, -0.2) is 33.5 Å². The van der Waals surface area contributed by atoms with Gasteiger partial charge in [-0.1, -0.05) is 0 Å². The topological polar surface area (TPSA) is 89.0 Å². The van der Waals surface area contributed by atoms with E-state index in [0.717, 1.165) is 0 Å². The van der Waals surface area contributed by atoms with Crippen LogP contribution >= 0.6 is 0 Å². The van der Waals surface area contributed by atoms with Crippen LogP contribution in [0, 0.1) is 0 Å². The molecule has 0 unspecified atom stereocenters. The standard InChI is InChI=1S/C15H22N2O5/c1-14(2,3)21-12(19)17(13(20)22-15(4,5)6)11-9-10(18)7-8-16-11/h7-9H,1-6H3,(H,16,18). The first-order valence-corrected chi connectivity index (χ1v) is 6.80. The number of carbonyl (C=O) groups excluding carboxylic acids is 2. The van der Waals surface area contributed by atoms with E-state index in [1.807, 2.05) is 0 Å². The van der Waals surface area contributed by atoms with Gasteiger partial charge in [-0.05, 0) is 47.6 Å². The molecule has 1 aromatic heterocycles. The van der Waals surface area contributed by atoms with E-state index in [-0.39, 0.29) is 11.6 Å². The maximum absolute atomic E-state index is 12.3. The number of hydrogen-bond acceptors (Lipinski definition) is 6. The third-order valence-electron chi connectivity index (χ3n) is 2.11. The molecule has 1 heterocycles. The van der Waals surface area contributed by atoms with Gasteiger partial charge in [-0.3, -0.25) is 0 Å². The van der Waals surface area contributed by atoms with Crippen LogP contribution in [0.25, 0.3) is 0 Å². The molecule has 0 aromatic carbocycles. The molecular formula is C15H22N2O5. The maximum Gasteiger partial charge on any atom is 0.425 e. The van der Waals surface area contributed by atoms with Gasteiger partial charge < -0.3 is 14.6 Å². The van der Waals surface area contributed by atoms with E-state index < -0.39 is 23.4 Å². The van der Waals surface area contributed by atoms with Gasteiger partial charge in [0.25, 0.3) is 0 Å². The summed E-state index contributed by atoms with van der Waals surface area (Å²) >= 11 is 0. The van der Waals surface area contributed by atoms with Crippen LogP contribution in [0.2, 0.25) is 0 Å². The number of nitrogens with zero attached hydrogens (tertiary/aromatic N) is 2. The highest BCUT2D eigenvalue weighted by molar-refractivity contribution is 6.08. The molecule has 0 atom stereocenters. The number of aromatic nitrogens is 1. The van der Waals surface area contributed by atoms with Crippen molar-refractivity contribution in [3.8, 4) is 5.75 Å². The average Bonchev–Trinajstić information content (AvgIpc) is 2.23. The molecule has 0 aliphatic carbocycles. The summed E-state index contributed by atoms with van der Waals surface area (Å²) in [7, 11) is 0. The predicted molar refractivity (Wildman–Crippen MR) is 80.8 cm³/mol. The fraction of sp³-hybridized carbons (Fsp3) is 0.533. The molecule has 7 nitrogen and oxygen atoms in total. The van der Waals surface area contributed by atoms with E-state index >= 15 is 0 Å². The van der Waals surface area contributed by atoms with Gasteiger partial charge in [-0.25, -0.2) is 14.6 Å². The number of rotatable bonds is 1. The van der Waals surface area contributed by atoms with Crippen molar-refractivity contribution in [2.45, 2.75) is 52.7 Å². The van der Waals surface area contributed by atoms with Gasteiger partial charge in [0.05, 0.1) is 0 Å². The zero-order valence-electron chi connectivity index (χ0n) is 13.7. The molecule has 2 amide bonds. The minimum absolute atomic E-state index is 0.0801. The van der Waals surface area contributed by atoms with Gasteiger partial charge in [0, 0.05) is 12.3 Å². The van der Waals surface area contributed by atoms with Crippen molar-refractivity contribution in [2.75, 3.05) is 4.90 Å². The summed E-state index contributed by atoms with van der Waals surface area (Å²) in [6.07, 6.45) is -0.591. The van der Waals surface area contributed by atoms with Gasteiger partial charge in [0.1, 0.15) is 17.0 Å². The van der Waals surface area contributed by atoms with Crippen molar-refractivity contribution < 1.29 is 24.2 Å². The Kier molecular flexibility index (Phi) is 5.01. The fourth-order valence-electron chi connectivity index (χ4n) is 1.41. The second kappa shape index (κ2) is 6.21. The summed E-state index contributed by atoms with van der Waals surface area (Å²) in [5.41, 5.74) is -1.59. The van der Waals surface area contributed by atoms with Crippen LogP contribution in [0.3, 0.4) is 0 Å². The Balaban J connectivity index is 3.15. The zero-order valence-corrected chi connectivity index (χ0v) is 13.7. The van der Waals surface area contributed by atoms with Crippen LogP contribution in [0.4, 0.5) is 15.4 Å². The molecule has 22 heavy (non-hydrogen) atoms. The van der Waals surface area contributed by atoms with E-state index in [1.54, 1.807) is 41.5 Å². The summed E-state index contributed by atoms with van der Waals surface area (Å²) in [5.74, 6) is -0.217. The number of carbonyl (C=O) groups is 2. The van der Waals surface area contributed by atoms with Crippen LogP contribution in [-0.2, 0) is 9.47 Å². The molecule has 1 rings (SSSR count). The van der Waals surface area contributed by atoms with Gasteiger partial charge in [-0.2, -0.15) is 4.90 Å². The SMILES string of the molecule is CC(C)(C)OC(=O)N(C(=O)OC(C)(C)C)c1cc(O)ccn1. The number of aromatic hydroxyl groups is 1. The summed E-state index contributed by atoms with van der Waals surface area (Å²) in [5, 5.41) is 9.52. The van der Waals surface area contributed by atoms with Crippen LogP contribution < -0.4 is 4.90 Å². The maximum atomic E-state index is 12.3. The number of ether oxygens (including phenoxy) is 2. The smallest absolute Gasteiger partial charge is 0.425 e. The first-order valence-electron chi connectivity index (χ1n) is 6.80. The number of amides is 2. The largest absolute Gasteiger partial charge is 0.508 e. The van der Waals surface area contributed by atoms with Gasteiger partial charge in [-0.15, -0.1) is 0 Å². The highest BCUT2D eigenvalue weighted by Crippen LogP contribution is 2.22. The molecule has 0 spiro atoms. The third-order valence-corrected chi connectivity index (χ3v) is 2.11. The van der Waals surface area contributed by atoms with E-state index in [9.17, 15) is 14.7 Å². The Morgan fingerprint density at radius 2 is 1.50 bits per heavy atom. The van der Waals surface area contributed by atoms with E-state index in [4.69, 9.17) is 9.47 Å². The lowest BCUT2D eigenvalue weighted by atomic mass is 10.2. The zero-order chi connectivity index (χ0) is 17.1. The Bertz CT molecular complexity index is 530. The van der Waals surface area contributed by atoms with Crippen molar-refractivity contribution in [2.24, 2.45) is 0 Å². The summed E-state index contributed by atoms with van der Waals surface area (Å²) in [6, 6.07) is 2.50. The Labute approximate surface area is 129 Å². The number of hydrogen-bond donors (Lipinski definition) is 1. The van der Waals surface area contributed by atoms with E-state index in [2.05, 4.69) is 4.98 Å². The Hall–Kier alpha value is -2.31. The molecule has 1 aromatic rings. The van der Waals surface area contributed by atoms with Crippen LogP contribution in [0.15, 0.2) is 18.3 Å². The lowest BCUT2D eigenvalue weighted by Crippen LogP contribution is -2.44. The van der Waals surface area contributed by atoms with Crippen molar-refractivity contribution in [1.82, 2.24) is 4.98 Å². The first kappa shape index (κ1) is 17.7. The monoisotopic (exact) mass is 310 g/mol. The molecule has 0 saturated carbocycles. The fourth-order valence-corrected chi connectivity index (χ4v) is 1.41. The van der Waals surface area contributed by atoms with E-state index in [1.165, 1.54) is 18.3 Å². The minimum Gasteiger partial charge on any atom is -0.508 e. The molecule has 0 saturated heterocycles. The Morgan fingerprint density at radius 1 is 1.05 bits per heavy atom. The molecule has 0 radical (unpaired) electrons. The van der Waals surface area contributed by atoms with Crippen LogP contribution in [0.5, 0.6) is 5.75 Å². The Morgan fingerprint density at radius 3 is 1.86 bits per heavy atom. The molecule has 0 aliphatic heterocycles. The molecule has 1 N–H and O–H groups in total. The van der Waals surface area contributed by atoms with Crippen molar-refractivity contribution >= 4 is 18.0 Å². The molecule has 0 aliphatic rings. The van der Waals surface area contributed by atoms with Crippen molar-refractivity contribution in [3.63, 3.8) is 0 Å². The van der Waals surface area contributed by atoms with Gasteiger partial charge in [0.2, 0.25) is 0 Å². The summed E-state index contributed by atoms with van der Waals surface area (Å²) < 4.78 is 10.4. The molecule has 0 bridgehead atoms. The lowest BCUT2D eigenvalue weighted by Gasteiger charge is -2.28. The highest BCUT2D eigenvalue weighted by atomic mass is 16.6. The number of pyridine rings is 1. The molecule has 0 fully saturated rings. The number of anilines is 1. The van der Waals surface area contributed by atoms with Gasteiger partial charge >= 0.3 is 12.2 Å². The average molecular weight is 310 g/mol. The predicted octanol–water partition coefficient (Wildman–Crippen LogP) is 3.46. The van der Waals surface area contributed by atoms with Gasteiger partial charge in [0.15, 0.2) is 5.82 Å². The van der Waals surface area contributed by atoms with Crippen molar-refractivity contribution in [3.05, 3.63) is 18.3 Å². The van der Waals surface area contributed by atoms with E-state index in [0.29, 0.717) is 4.90 Å². The normalized spacial score (nSPS) is 11.7. The summed E-state index contributed by atoms with van der Waals surface area (Å²) in [4.78, 5) is 29.1. The molecular weight excluding hydrogens is 288 g/mol. The molecule has 122 valence electrons. The lowest BCUT2D eigenvalue weighted by molar-refractivity contribution is 0.0429. The van der Waals surface area contributed by atoms with Crippen LogP contribution in [0.1, 0.15) is 41.5 Å². The first-order chi connectivity index (χ1) is 9.89. The third kappa shape index (κ3) is 5.59. The molecule has 7 heteroatoms. The quantitative estimate of drug-likeness (QED) is 0.854. The number of imide groups is 1. The minimum atomic E-state index is -0.931. The highest BCUT2D eigenvalue weighted by Gasteiger charge is 2.33. The van der Waals surface area contributed by atoms with Crippen molar-refractivity contribution in [1.29, 1.82) is 0 Å². The summed E-state index contributed by atoms with van der Waals surface area (Å²) in [6.45, 7) is 10.0. The second-order valence-electron chi connectivity index (χ2n) is 6.67. The second-order valence-corrected chi connectivity index (χ2v) is 6.67.